The first kappa shape index (κ1) is 21.2. The third-order valence-electron chi connectivity index (χ3n) is 5.64. The van der Waals surface area contributed by atoms with E-state index in [4.69, 9.17) is 0 Å². The monoisotopic (exact) mass is 415 g/mol. The maximum atomic E-state index is 13.7. The minimum absolute atomic E-state index is 0.0871. The number of carboxylic acids is 1. The summed E-state index contributed by atoms with van der Waals surface area (Å²) in [4.78, 5) is 26.0. The molecule has 2 aromatic rings. The van der Waals surface area contributed by atoms with Crippen LogP contribution in [0.15, 0.2) is 24.3 Å². The molecule has 154 valence electrons. The first-order valence-corrected chi connectivity index (χ1v) is 13.1. The van der Waals surface area contributed by atoms with Gasteiger partial charge in [-0.2, -0.15) is 0 Å². The van der Waals surface area contributed by atoms with Crippen molar-refractivity contribution in [3.63, 3.8) is 0 Å². The number of carboxylic acid groups (broad SMARTS) is 1. The predicted molar refractivity (Wildman–Crippen MR) is 113 cm³/mol. The van der Waals surface area contributed by atoms with Crippen LogP contribution in [0.3, 0.4) is 0 Å². The van der Waals surface area contributed by atoms with Crippen molar-refractivity contribution in [1.82, 2.24) is 0 Å². The van der Waals surface area contributed by atoms with Gasteiger partial charge in [-0.1, -0.05) is 30.9 Å². The van der Waals surface area contributed by atoms with E-state index in [-0.39, 0.29) is 12.3 Å². The summed E-state index contributed by atoms with van der Waals surface area (Å²) in [5.41, 5.74) is 4.27. The Balaban J connectivity index is 2.24. The van der Waals surface area contributed by atoms with Crippen LogP contribution in [-0.4, -0.2) is 30.2 Å². The number of hydrogen-bond acceptors (Lipinski definition) is 3. The number of aliphatic hydroxyl groups excluding tert-OH is 1. The second-order valence-electron chi connectivity index (χ2n) is 8.62. The van der Waals surface area contributed by atoms with Gasteiger partial charge in [0.05, 0.1) is 21.0 Å². The minimum atomic E-state index is -2.04. The molecule has 0 saturated carbocycles. The number of rotatable bonds is 4. The molecule has 1 unspecified atom stereocenters. The van der Waals surface area contributed by atoms with E-state index >= 15 is 0 Å². The molecule has 0 spiro atoms. The molecule has 5 nitrogen and oxygen atoms in total. The van der Waals surface area contributed by atoms with Gasteiger partial charge >= 0.3 is 5.97 Å². The summed E-state index contributed by atoms with van der Waals surface area (Å²) < 4.78 is 13.7. The zero-order chi connectivity index (χ0) is 21.7. The molecule has 0 aromatic heterocycles. The Morgan fingerprint density at radius 3 is 2.38 bits per heavy atom. The van der Waals surface area contributed by atoms with Gasteiger partial charge in [0.25, 0.3) is 0 Å². The third-order valence-corrected chi connectivity index (χ3v) is 7.78. The average Bonchev–Trinajstić information content (AvgIpc) is 2.62. The van der Waals surface area contributed by atoms with Crippen molar-refractivity contribution in [1.29, 1.82) is 0 Å². The molecule has 0 fully saturated rings. The average molecular weight is 416 g/mol. The Labute approximate surface area is 170 Å². The molecule has 1 aliphatic heterocycles. The summed E-state index contributed by atoms with van der Waals surface area (Å²) in [5.74, 6) is -1.88. The number of benzene rings is 2. The van der Waals surface area contributed by atoms with E-state index in [1.54, 1.807) is 24.0 Å². The summed E-state index contributed by atoms with van der Waals surface area (Å²) in [7, 11) is -2.04. The van der Waals surface area contributed by atoms with E-state index in [1.165, 1.54) is 12.1 Å². The predicted octanol–water partition coefficient (Wildman–Crippen LogP) is 3.20. The lowest BCUT2D eigenvalue weighted by Crippen LogP contribution is -2.47. The Kier molecular flexibility index (Phi) is 5.40. The van der Waals surface area contributed by atoms with Gasteiger partial charge in [0.2, 0.25) is 5.91 Å². The van der Waals surface area contributed by atoms with Crippen LogP contribution in [0.4, 0.5) is 10.1 Å². The number of aliphatic carboxylic acids is 1. The van der Waals surface area contributed by atoms with Crippen molar-refractivity contribution in [3.8, 4) is 0 Å². The van der Waals surface area contributed by atoms with Crippen LogP contribution in [0.2, 0.25) is 19.6 Å². The van der Waals surface area contributed by atoms with Gasteiger partial charge in [-0.25, -0.2) is 9.18 Å². The number of anilines is 1. The Bertz CT molecular complexity index is 1010. The van der Waals surface area contributed by atoms with Crippen LogP contribution >= 0.6 is 0 Å². The first-order chi connectivity index (χ1) is 13.4. The summed E-state index contributed by atoms with van der Waals surface area (Å²) >= 11 is 0. The lowest BCUT2D eigenvalue weighted by atomic mass is 9.86. The number of carbonyl (C=O) groups is 2. The molecule has 1 atom stereocenters. The molecule has 0 saturated heterocycles. The first-order valence-electron chi connectivity index (χ1n) is 9.55. The van der Waals surface area contributed by atoms with E-state index in [2.05, 4.69) is 19.6 Å². The molecule has 3 rings (SSSR count). The number of nitrogens with zero attached hydrogens (tertiary/aromatic N) is 1. The van der Waals surface area contributed by atoms with Crippen molar-refractivity contribution in [2.24, 2.45) is 0 Å². The van der Waals surface area contributed by atoms with Crippen molar-refractivity contribution in [2.45, 2.75) is 52.6 Å². The van der Waals surface area contributed by atoms with E-state index in [1.807, 2.05) is 6.92 Å². The molecule has 0 aliphatic carbocycles. The Morgan fingerprint density at radius 1 is 1.17 bits per heavy atom. The standard InChI is InChI=1S/C22H26FNO4Si/c1-12-16-10-18(25)24(15-8-6-7-14(23)9-15)11-17(16)13(2)21(29(3,4)5)19(12)20(26)22(27)28/h6-9,20,26H,10-11H2,1-5H3,(H,27,28). The third kappa shape index (κ3) is 3.72. The largest absolute Gasteiger partial charge is 0.479 e. The highest BCUT2D eigenvalue weighted by Gasteiger charge is 2.36. The number of halogens is 1. The quantitative estimate of drug-likeness (QED) is 0.752. The van der Waals surface area contributed by atoms with Gasteiger partial charge in [0, 0.05) is 5.69 Å². The van der Waals surface area contributed by atoms with Crippen LogP contribution in [0.5, 0.6) is 0 Å². The van der Waals surface area contributed by atoms with Crippen LogP contribution in [0.25, 0.3) is 0 Å². The highest BCUT2D eigenvalue weighted by Crippen LogP contribution is 2.34. The Morgan fingerprint density at radius 2 is 1.83 bits per heavy atom. The molecule has 2 aromatic carbocycles. The summed E-state index contributed by atoms with van der Waals surface area (Å²) in [6.07, 6.45) is -1.54. The number of aliphatic hydroxyl groups is 1. The number of hydrogen-bond donors (Lipinski definition) is 2. The second kappa shape index (κ2) is 7.39. The summed E-state index contributed by atoms with van der Waals surface area (Å²) in [6.45, 7) is 10.3. The molecule has 1 aliphatic rings. The fraction of sp³-hybridized carbons (Fsp3) is 0.364. The molecule has 0 radical (unpaired) electrons. The summed E-state index contributed by atoms with van der Waals surface area (Å²) in [6, 6.07) is 5.96. The van der Waals surface area contributed by atoms with Crippen LogP contribution < -0.4 is 10.1 Å². The fourth-order valence-electron chi connectivity index (χ4n) is 4.41. The van der Waals surface area contributed by atoms with Crippen molar-refractivity contribution < 1.29 is 24.2 Å². The molecule has 2 N–H and O–H groups in total. The van der Waals surface area contributed by atoms with E-state index in [9.17, 15) is 24.2 Å². The molecule has 1 amide bonds. The van der Waals surface area contributed by atoms with Gasteiger partial charge in [-0.05, 0) is 59.9 Å². The van der Waals surface area contributed by atoms with Crippen molar-refractivity contribution >= 4 is 30.8 Å². The fourth-order valence-corrected chi connectivity index (χ4v) is 6.82. The van der Waals surface area contributed by atoms with Gasteiger partial charge in [0.1, 0.15) is 5.82 Å². The molecular formula is C22H26FNO4Si. The normalized spacial score (nSPS) is 15.3. The maximum Gasteiger partial charge on any atom is 0.337 e. The van der Waals surface area contributed by atoms with Gasteiger partial charge in [0.15, 0.2) is 6.10 Å². The lowest BCUT2D eigenvalue weighted by molar-refractivity contribution is -0.146. The molecule has 29 heavy (non-hydrogen) atoms. The SMILES string of the molecule is Cc1c2c(c(C)c([Si](C)(C)C)c1C(O)C(=O)O)CN(c1cccc(F)c1)C(=O)C2. The molecule has 1 heterocycles. The number of carbonyl (C=O) groups excluding carboxylic acids is 1. The number of amides is 1. The summed E-state index contributed by atoms with van der Waals surface area (Å²) in [5, 5.41) is 20.8. The minimum Gasteiger partial charge on any atom is -0.479 e. The van der Waals surface area contributed by atoms with Gasteiger partial charge in [-0.3, -0.25) is 4.79 Å². The van der Waals surface area contributed by atoms with Gasteiger partial charge < -0.3 is 15.1 Å². The highest BCUT2D eigenvalue weighted by atomic mass is 28.3. The van der Waals surface area contributed by atoms with Gasteiger partial charge in [-0.15, -0.1) is 0 Å². The molecule has 7 heteroatoms. The van der Waals surface area contributed by atoms with Crippen molar-refractivity contribution in [2.75, 3.05) is 4.90 Å². The maximum absolute atomic E-state index is 13.7. The van der Waals surface area contributed by atoms with Crippen molar-refractivity contribution in [3.05, 3.63) is 57.9 Å². The van der Waals surface area contributed by atoms with Crippen LogP contribution in [0, 0.1) is 19.7 Å². The smallest absolute Gasteiger partial charge is 0.337 e. The molecular weight excluding hydrogens is 389 g/mol. The topological polar surface area (TPSA) is 77.8 Å². The zero-order valence-corrected chi connectivity index (χ0v) is 18.3. The second-order valence-corrected chi connectivity index (χ2v) is 13.6. The highest BCUT2D eigenvalue weighted by molar-refractivity contribution is 6.89. The van der Waals surface area contributed by atoms with Crippen LogP contribution in [-0.2, 0) is 22.6 Å². The van der Waals surface area contributed by atoms with E-state index < -0.39 is 26.0 Å². The van der Waals surface area contributed by atoms with E-state index in [0.717, 1.165) is 21.9 Å². The van der Waals surface area contributed by atoms with E-state index in [0.29, 0.717) is 23.4 Å². The van der Waals surface area contributed by atoms with Crippen LogP contribution in [0.1, 0.15) is 33.9 Å². The zero-order valence-electron chi connectivity index (χ0n) is 17.3. The Hall–Kier alpha value is -2.51. The number of fused-ring (bicyclic) bond motifs is 1. The lowest BCUT2D eigenvalue weighted by Gasteiger charge is -2.36. The molecule has 0 bridgehead atoms.